The fourth-order valence-corrected chi connectivity index (χ4v) is 6.29. The van der Waals surface area contributed by atoms with Gasteiger partial charge in [-0.3, -0.25) is 0 Å². The quantitative estimate of drug-likeness (QED) is 0.527. The third-order valence-corrected chi connectivity index (χ3v) is 8.33. The number of halogens is 1. The standard InChI is InChI=1S/C26H35FN2S/c1-19-16-20(2)26(21(3)17-19)30-29-14-10-24(11-15-29)28-12-8-22(9-13-28)18-23-6-4-5-7-25(23)27/h4-7,16-17,22,24H,8-15,18H2,1-3H3. The van der Waals surface area contributed by atoms with Gasteiger partial charge in [0.05, 0.1) is 0 Å². The Morgan fingerprint density at radius 3 is 2.17 bits per heavy atom. The molecule has 2 saturated heterocycles. The highest BCUT2D eigenvalue weighted by molar-refractivity contribution is 7.97. The Balaban J connectivity index is 1.24. The van der Waals surface area contributed by atoms with E-state index in [1.54, 1.807) is 12.1 Å². The van der Waals surface area contributed by atoms with E-state index in [9.17, 15) is 4.39 Å². The van der Waals surface area contributed by atoms with Crippen LogP contribution in [0.1, 0.15) is 47.9 Å². The van der Waals surface area contributed by atoms with Crippen molar-refractivity contribution in [1.29, 1.82) is 0 Å². The van der Waals surface area contributed by atoms with Crippen molar-refractivity contribution in [2.24, 2.45) is 5.92 Å². The molecule has 0 spiro atoms. The Morgan fingerprint density at radius 2 is 1.53 bits per heavy atom. The fraction of sp³-hybridized carbons (Fsp3) is 0.538. The zero-order chi connectivity index (χ0) is 21.1. The summed E-state index contributed by atoms with van der Waals surface area (Å²) in [6, 6.07) is 12.6. The Labute approximate surface area is 186 Å². The molecule has 2 aromatic rings. The molecular formula is C26H35FN2S. The van der Waals surface area contributed by atoms with Crippen LogP contribution in [0.15, 0.2) is 41.3 Å². The fourth-order valence-electron chi connectivity index (χ4n) is 5.24. The molecule has 4 rings (SSSR count). The maximum Gasteiger partial charge on any atom is 0.126 e. The van der Waals surface area contributed by atoms with E-state index in [1.165, 1.54) is 60.4 Å². The number of aryl methyl sites for hydroxylation is 3. The van der Waals surface area contributed by atoms with Crippen LogP contribution in [0, 0.1) is 32.5 Å². The molecule has 0 unspecified atom stereocenters. The molecule has 4 heteroatoms. The van der Waals surface area contributed by atoms with Crippen LogP contribution in [0.4, 0.5) is 4.39 Å². The maximum atomic E-state index is 14.0. The zero-order valence-electron chi connectivity index (χ0n) is 18.7. The van der Waals surface area contributed by atoms with E-state index < -0.39 is 0 Å². The first kappa shape index (κ1) is 21.9. The van der Waals surface area contributed by atoms with Gasteiger partial charge in [-0.1, -0.05) is 35.9 Å². The van der Waals surface area contributed by atoms with Gasteiger partial charge < -0.3 is 4.90 Å². The van der Waals surface area contributed by atoms with Crippen LogP contribution in [-0.2, 0) is 6.42 Å². The van der Waals surface area contributed by atoms with Crippen LogP contribution in [0.2, 0.25) is 0 Å². The molecule has 2 aromatic carbocycles. The van der Waals surface area contributed by atoms with Crippen molar-refractivity contribution in [3.05, 3.63) is 64.5 Å². The summed E-state index contributed by atoms with van der Waals surface area (Å²) in [5.41, 5.74) is 5.04. The van der Waals surface area contributed by atoms with Crippen molar-refractivity contribution in [1.82, 2.24) is 9.21 Å². The highest BCUT2D eigenvalue weighted by Crippen LogP contribution is 2.34. The minimum absolute atomic E-state index is 0.0381. The molecule has 2 fully saturated rings. The lowest BCUT2D eigenvalue weighted by atomic mass is 9.88. The van der Waals surface area contributed by atoms with E-state index in [0.29, 0.717) is 5.92 Å². The highest BCUT2D eigenvalue weighted by atomic mass is 32.2. The minimum Gasteiger partial charge on any atom is -0.300 e. The third kappa shape index (κ3) is 5.27. The monoisotopic (exact) mass is 426 g/mol. The maximum absolute atomic E-state index is 14.0. The summed E-state index contributed by atoms with van der Waals surface area (Å²) in [5.74, 6) is 0.588. The lowest BCUT2D eigenvalue weighted by molar-refractivity contribution is 0.0987. The summed E-state index contributed by atoms with van der Waals surface area (Å²) in [4.78, 5) is 4.15. The average Bonchev–Trinajstić information content (AvgIpc) is 2.73. The molecule has 162 valence electrons. The first-order chi connectivity index (χ1) is 14.5. The molecule has 30 heavy (non-hydrogen) atoms. The summed E-state index contributed by atoms with van der Waals surface area (Å²) in [7, 11) is 0. The van der Waals surface area contributed by atoms with Crippen LogP contribution in [0.25, 0.3) is 0 Å². The summed E-state index contributed by atoms with van der Waals surface area (Å²) in [6.07, 6.45) is 5.81. The molecule has 0 aromatic heterocycles. The molecule has 2 nitrogen and oxygen atoms in total. The molecule has 2 heterocycles. The smallest absolute Gasteiger partial charge is 0.126 e. The average molecular weight is 427 g/mol. The van der Waals surface area contributed by atoms with E-state index >= 15 is 0 Å². The van der Waals surface area contributed by atoms with E-state index in [4.69, 9.17) is 0 Å². The Morgan fingerprint density at radius 1 is 0.900 bits per heavy atom. The van der Waals surface area contributed by atoms with Gasteiger partial charge in [0.2, 0.25) is 0 Å². The lowest BCUT2D eigenvalue weighted by Crippen LogP contribution is -2.46. The molecule has 0 atom stereocenters. The summed E-state index contributed by atoms with van der Waals surface area (Å²) < 4.78 is 16.5. The van der Waals surface area contributed by atoms with Gasteiger partial charge in [0.15, 0.2) is 0 Å². The highest BCUT2D eigenvalue weighted by Gasteiger charge is 2.29. The van der Waals surface area contributed by atoms with E-state index in [2.05, 4.69) is 42.1 Å². The van der Waals surface area contributed by atoms with E-state index in [0.717, 1.165) is 31.1 Å². The predicted molar refractivity (Wildman–Crippen MR) is 126 cm³/mol. The molecule has 0 radical (unpaired) electrons. The van der Waals surface area contributed by atoms with E-state index in [1.807, 2.05) is 24.1 Å². The van der Waals surface area contributed by atoms with Crippen LogP contribution >= 0.6 is 11.9 Å². The van der Waals surface area contributed by atoms with Crippen LogP contribution < -0.4 is 0 Å². The topological polar surface area (TPSA) is 6.48 Å². The third-order valence-electron chi connectivity index (χ3n) is 6.88. The number of hydrogen-bond acceptors (Lipinski definition) is 3. The largest absolute Gasteiger partial charge is 0.300 e. The summed E-state index contributed by atoms with van der Waals surface area (Å²) in [6.45, 7) is 11.3. The second-order valence-corrected chi connectivity index (χ2v) is 10.4. The molecule has 2 aliphatic rings. The normalized spacial score (nSPS) is 20.0. The molecular weight excluding hydrogens is 391 g/mol. The molecule has 0 saturated carbocycles. The minimum atomic E-state index is -0.0381. The van der Waals surface area contributed by atoms with Crippen molar-refractivity contribution >= 4 is 11.9 Å². The van der Waals surface area contributed by atoms with Gasteiger partial charge >= 0.3 is 0 Å². The number of benzene rings is 2. The first-order valence-corrected chi connectivity index (χ1v) is 12.2. The number of hydrogen-bond donors (Lipinski definition) is 0. The van der Waals surface area contributed by atoms with Gasteiger partial charge in [-0.2, -0.15) is 0 Å². The first-order valence-electron chi connectivity index (χ1n) is 11.5. The van der Waals surface area contributed by atoms with Gasteiger partial charge in [-0.25, -0.2) is 8.70 Å². The van der Waals surface area contributed by atoms with Crippen LogP contribution in [0.3, 0.4) is 0 Å². The number of piperidine rings is 2. The Kier molecular flexibility index (Phi) is 7.17. The van der Waals surface area contributed by atoms with Gasteiger partial charge in [0, 0.05) is 24.0 Å². The molecule has 0 bridgehead atoms. The molecule has 0 amide bonds. The second-order valence-electron chi connectivity index (χ2n) is 9.25. The van der Waals surface area contributed by atoms with Crippen molar-refractivity contribution < 1.29 is 4.39 Å². The lowest BCUT2D eigenvalue weighted by Gasteiger charge is -2.41. The van der Waals surface area contributed by atoms with Gasteiger partial charge in [-0.05, 0) is 107 Å². The molecule has 0 N–H and O–H groups in total. The summed E-state index contributed by atoms with van der Waals surface area (Å²) in [5, 5.41) is 0. The van der Waals surface area contributed by atoms with Gasteiger partial charge in [0.25, 0.3) is 0 Å². The molecule has 0 aliphatic carbocycles. The van der Waals surface area contributed by atoms with Crippen molar-refractivity contribution in [2.75, 3.05) is 26.2 Å². The van der Waals surface area contributed by atoms with Gasteiger partial charge in [-0.15, -0.1) is 0 Å². The van der Waals surface area contributed by atoms with Crippen molar-refractivity contribution in [2.45, 2.75) is 63.8 Å². The predicted octanol–water partition coefficient (Wildman–Crippen LogP) is 6.18. The van der Waals surface area contributed by atoms with Crippen LogP contribution in [-0.4, -0.2) is 41.4 Å². The summed E-state index contributed by atoms with van der Waals surface area (Å²) >= 11 is 1.96. The number of nitrogens with zero attached hydrogens (tertiary/aromatic N) is 2. The SMILES string of the molecule is Cc1cc(C)c(SN2CCC(N3CCC(Cc4ccccc4F)CC3)CC2)c(C)c1. The number of likely N-dealkylation sites (tertiary alicyclic amines) is 1. The second kappa shape index (κ2) is 9.84. The van der Waals surface area contributed by atoms with Crippen LogP contribution in [0.5, 0.6) is 0 Å². The van der Waals surface area contributed by atoms with Gasteiger partial charge in [0.1, 0.15) is 5.82 Å². The van der Waals surface area contributed by atoms with E-state index in [-0.39, 0.29) is 5.82 Å². The zero-order valence-corrected chi connectivity index (χ0v) is 19.5. The Bertz CT molecular complexity index is 829. The Hall–Kier alpha value is -1.36. The van der Waals surface area contributed by atoms with Crippen molar-refractivity contribution in [3.63, 3.8) is 0 Å². The van der Waals surface area contributed by atoms with Crippen molar-refractivity contribution in [3.8, 4) is 0 Å². The molecule has 2 aliphatic heterocycles. The number of rotatable bonds is 5.